The lowest BCUT2D eigenvalue weighted by Gasteiger charge is -2.08. The highest BCUT2D eigenvalue weighted by Gasteiger charge is 2.09. The monoisotopic (exact) mass is 216 g/mol. The first kappa shape index (κ1) is 10.8. The van der Waals surface area contributed by atoms with Crippen molar-refractivity contribution >= 4 is 10.1 Å². The molecular formula is C9H12O4S. The van der Waals surface area contributed by atoms with E-state index in [-0.39, 0.29) is 5.75 Å². The smallest absolute Gasteiger partial charge is 0.306 e. The Morgan fingerprint density at radius 1 is 1.21 bits per heavy atom. The molecule has 0 spiro atoms. The molecule has 0 bridgehead atoms. The van der Waals surface area contributed by atoms with Crippen LogP contribution in [0.2, 0.25) is 0 Å². The molecule has 0 unspecified atom stereocenters. The first-order chi connectivity index (χ1) is 6.53. The molecule has 14 heavy (non-hydrogen) atoms. The molecule has 0 saturated heterocycles. The van der Waals surface area contributed by atoms with Gasteiger partial charge in [0.25, 0.3) is 0 Å². The predicted molar refractivity (Wildman–Crippen MR) is 53.1 cm³/mol. The van der Waals surface area contributed by atoms with E-state index >= 15 is 0 Å². The summed E-state index contributed by atoms with van der Waals surface area (Å²) in [6.07, 6.45) is 0.996. The highest BCUT2D eigenvalue weighted by Crippen LogP contribution is 2.27. The molecule has 1 aromatic carbocycles. The quantitative estimate of drug-likeness (QED) is 0.714. The zero-order valence-electron chi connectivity index (χ0n) is 8.06. The van der Waals surface area contributed by atoms with E-state index in [1.165, 1.54) is 0 Å². The molecule has 0 atom stereocenters. The minimum Gasteiger partial charge on any atom is -0.490 e. The Morgan fingerprint density at radius 2 is 1.79 bits per heavy atom. The summed E-state index contributed by atoms with van der Waals surface area (Å²) in [5.41, 5.74) is 0. The van der Waals surface area contributed by atoms with Gasteiger partial charge in [-0.3, -0.25) is 0 Å². The van der Waals surface area contributed by atoms with Crippen LogP contribution in [0.1, 0.15) is 6.92 Å². The zero-order valence-corrected chi connectivity index (χ0v) is 8.87. The van der Waals surface area contributed by atoms with Crippen molar-refractivity contribution in [3.05, 3.63) is 24.3 Å². The lowest BCUT2D eigenvalue weighted by molar-refractivity contribution is 0.328. The van der Waals surface area contributed by atoms with Crippen LogP contribution in [-0.4, -0.2) is 21.3 Å². The Labute approximate surface area is 83.6 Å². The average Bonchev–Trinajstić information content (AvgIpc) is 2.06. The van der Waals surface area contributed by atoms with Gasteiger partial charge < -0.3 is 8.92 Å². The molecular weight excluding hydrogens is 204 g/mol. The van der Waals surface area contributed by atoms with Gasteiger partial charge in [-0.15, -0.1) is 0 Å². The van der Waals surface area contributed by atoms with Crippen LogP contribution >= 0.6 is 0 Å². The molecule has 5 heteroatoms. The van der Waals surface area contributed by atoms with E-state index in [0.717, 1.165) is 6.26 Å². The fourth-order valence-electron chi connectivity index (χ4n) is 0.957. The van der Waals surface area contributed by atoms with Crippen LogP contribution in [0.25, 0.3) is 0 Å². The van der Waals surface area contributed by atoms with Crippen LogP contribution in [0, 0.1) is 0 Å². The Hall–Kier alpha value is -1.23. The zero-order chi connectivity index (χ0) is 10.6. The summed E-state index contributed by atoms with van der Waals surface area (Å²) in [7, 11) is -3.50. The van der Waals surface area contributed by atoms with Crippen LogP contribution in [0.4, 0.5) is 0 Å². The van der Waals surface area contributed by atoms with Gasteiger partial charge in [-0.25, -0.2) is 0 Å². The van der Waals surface area contributed by atoms with Crippen LogP contribution in [0.15, 0.2) is 24.3 Å². The molecule has 0 aromatic heterocycles. The minimum atomic E-state index is -3.50. The predicted octanol–water partition coefficient (Wildman–Crippen LogP) is 1.42. The largest absolute Gasteiger partial charge is 0.490 e. The maximum atomic E-state index is 10.9. The highest BCUT2D eigenvalue weighted by atomic mass is 32.2. The first-order valence-electron chi connectivity index (χ1n) is 4.14. The molecule has 0 amide bonds. The van der Waals surface area contributed by atoms with Gasteiger partial charge in [0.2, 0.25) is 0 Å². The molecule has 0 heterocycles. The van der Waals surface area contributed by atoms with Gasteiger partial charge >= 0.3 is 10.1 Å². The second-order valence-corrected chi connectivity index (χ2v) is 4.24. The van der Waals surface area contributed by atoms with Crippen molar-refractivity contribution in [2.24, 2.45) is 0 Å². The van der Waals surface area contributed by atoms with Crippen molar-refractivity contribution in [3.8, 4) is 11.5 Å². The third-order valence-electron chi connectivity index (χ3n) is 1.39. The number of ether oxygens (including phenoxy) is 1. The summed E-state index contributed by atoms with van der Waals surface area (Å²) in [6, 6.07) is 6.64. The molecule has 0 aliphatic rings. The van der Waals surface area contributed by atoms with Crippen molar-refractivity contribution in [2.45, 2.75) is 6.92 Å². The number of rotatable bonds is 4. The number of para-hydroxylation sites is 2. The fraction of sp³-hybridized carbons (Fsp3) is 0.333. The summed E-state index contributed by atoms with van der Waals surface area (Å²) in [4.78, 5) is 0. The van der Waals surface area contributed by atoms with E-state index in [1.807, 2.05) is 6.92 Å². The second kappa shape index (κ2) is 4.32. The summed E-state index contributed by atoms with van der Waals surface area (Å²) in [5, 5.41) is 0. The maximum Gasteiger partial charge on any atom is 0.306 e. The van der Waals surface area contributed by atoms with Crippen molar-refractivity contribution in [1.82, 2.24) is 0 Å². The Kier molecular flexibility index (Phi) is 3.35. The third kappa shape index (κ3) is 3.26. The van der Waals surface area contributed by atoms with Crippen LogP contribution in [0.3, 0.4) is 0 Å². The third-order valence-corrected chi connectivity index (χ3v) is 1.87. The average molecular weight is 216 g/mol. The molecule has 0 N–H and O–H groups in total. The Morgan fingerprint density at radius 3 is 2.29 bits per heavy atom. The van der Waals surface area contributed by atoms with Crippen LogP contribution in [0.5, 0.6) is 11.5 Å². The molecule has 0 aliphatic carbocycles. The van der Waals surface area contributed by atoms with E-state index in [0.29, 0.717) is 12.4 Å². The standard InChI is InChI=1S/C9H12O4S/c1-3-12-8-6-4-5-7-9(8)13-14(2,10)11/h4-7H,3H2,1-2H3. The maximum absolute atomic E-state index is 10.9. The van der Waals surface area contributed by atoms with E-state index in [2.05, 4.69) is 0 Å². The molecule has 0 fully saturated rings. The number of benzene rings is 1. The van der Waals surface area contributed by atoms with Gasteiger partial charge in [-0.2, -0.15) is 8.42 Å². The van der Waals surface area contributed by atoms with E-state index in [9.17, 15) is 8.42 Å². The fourth-order valence-corrected chi connectivity index (χ4v) is 1.42. The summed E-state index contributed by atoms with van der Waals surface area (Å²) in [5.74, 6) is 0.650. The van der Waals surface area contributed by atoms with E-state index < -0.39 is 10.1 Å². The lowest BCUT2D eigenvalue weighted by Crippen LogP contribution is -2.07. The molecule has 0 radical (unpaired) electrons. The Balaban J connectivity index is 2.95. The second-order valence-electron chi connectivity index (χ2n) is 2.67. The summed E-state index contributed by atoms with van der Waals surface area (Å²) in [6.45, 7) is 2.28. The van der Waals surface area contributed by atoms with Gasteiger partial charge in [0.05, 0.1) is 12.9 Å². The topological polar surface area (TPSA) is 52.6 Å². The van der Waals surface area contributed by atoms with Crippen LogP contribution < -0.4 is 8.92 Å². The van der Waals surface area contributed by atoms with Crippen molar-refractivity contribution in [2.75, 3.05) is 12.9 Å². The molecule has 78 valence electrons. The molecule has 4 nitrogen and oxygen atoms in total. The molecule has 1 rings (SSSR count). The molecule has 0 saturated carbocycles. The number of hydrogen-bond donors (Lipinski definition) is 0. The molecule has 0 aliphatic heterocycles. The number of hydrogen-bond acceptors (Lipinski definition) is 4. The van der Waals surface area contributed by atoms with Gasteiger partial charge in [0, 0.05) is 0 Å². The van der Waals surface area contributed by atoms with E-state index in [1.54, 1.807) is 24.3 Å². The van der Waals surface area contributed by atoms with Gasteiger partial charge in [-0.05, 0) is 19.1 Å². The first-order valence-corrected chi connectivity index (χ1v) is 5.96. The van der Waals surface area contributed by atoms with Gasteiger partial charge in [0.1, 0.15) is 0 Å². The highest BCUT2D eigenvalue weighted by molar-refractivity contribution is 7.86. The van der Waals surface area contributed by atoms with Crippen molar-refractivity contribution in [1.29, 1.82) is 0 Å². The van der Waals surface area contributed by atoms with Gasteiger partial charge in [0.15, 0.2) is 11.5 Å². The lowest BCUT2D eigenvalue weighted by atomic mass is 10.3. The SMILES string of the molecule is CCOc1ccccc1OS(C)(=O)=O. The van der Waals surface area contributed by atoms with Gasteiger partial charge in [-0.1, -0.05) is 12.1 Å². The van der Waals surface area contributed by atoms with E-state index in [4.69, 9.17) is 8.92 Å². The van der Waals surface area contributed by atoms with Crippen molar-refractivity contribution in [3.63, 3.8) is 0 Å². The summed E-state index contributed by atoms with van der Waals surface area (Å²) < 4.78 is 31.7. The minimum absolute atomic E-state index is 0.219. The normalized spacial score (nSPS) is 11.0. The van der Waals surface area contributed by atoms with Crippen molar-refractivity contribution < 1.29 is 17.3 Å². The summed E-state index contributed by atoms with van der Waals surface area (Å²) >= 11 is 0. The molecule has 1 aromatic rings. The van der Waals surface area contributed by atoms with Crippen LogP contribution in [-0.2, 0) is 10.1 Å². The Bertz CT molecular complexity index is 397.